The Morgan fingerprint density at radius 2 is 1.94 bits per heavy atom. The number of fused-ring (bicyclic) bond motifs is 1. The first kappa shape index (κ1) is 19.6. The van der Waals surface area contributed by atoms with Gasteiger partial charge in [-0.3, -0.25) is 4.79 Å². The molecule has 1 aliphatic rings. The van der Waals surface area contributed by atoms with E-state index in [4.69, 9.17) is 9.72 Å². The third kappa shape index (κ3) is 3.64. The van der Waals surface area contributed by atoms with Gasteiger partial charge in [0.25, 0.3) is 5.91 Å². The van der Waals surface area contributed by atoms with E-state index in [0.29, 0.717) is 12.1 Å². The SMILES string of the molecule is Cc1c(-c2nc3ccccc3[nH]2)c(NC(=O)c2ccccc2)n(CC2CCCO2)c1C. The van der Waals surface area contributed by atoms with Crippen LogP contribution in [0.2, 0.25) is 0 Å². The average Bonchev–Trinajstić information content (AvgIpc) is 3.50. The molecule has 2 N–H and O–H groups in total. The Kier molecular flexibility index (Phi) is 5.08. The van der Waals surface area contributed by atoms with Gasteiger partial charge in [-0.05, 0) is 56.5 Å². The van der Waals surface area contributed by atoms with E-state index < -0.39 is 0 Å². The Bertz CT molecular complexity index is 1200. The molecule has 2 aromatic carbocycles. The number of imidazole rings is 1. The number of hydrogen-bond donors (Lipinski definition) is 2. The summed E-state index contributed by atoms with van der Waals surface area (Å²) in [5.74, 6) is 1.39. The number of carbonyl (C=O) groups excluding carboxylic acids is 1. The molecule has 158 valence electrons. The minimum atomic E-state index is -0.135. The summed E-state index contributed by atoms with van der Waals surface area (Å²) in [7, 11) is 0. The van der Waals surface area contributed by atoms with Crippen LogP contribution in [0.4, 0.5) is 5.82 Å². The van der Waals surface area contributed by atoms with E-state index in [1.165, 1.54) is 0 Å². The molecule has 1 fully saturated rings. The van der Waals surface area contributed by atoms with Gasteiger partial charge < -0.3 is 19.6 Å². The van der Waals surface area contributed by atoms with Crippen molar-refractivity contribution in [2.45, 2.75) is 39.3 Å². The van der Waals surface area contributed by atoms with Crippen molar-refractivity contribution < 1.29 is 9.53 Å². The number of nitrogens with one attached hydrogen (secondary N) is 2. The smallest absolute Gasteiger partial charge is 0.256 e. The fourth-order valence-corrected chi connectivity index (χ4v) is 4.34. The second-order valence-corrected chi connectivity index (χ2v) is 8.10. The van der Waals surface area contributed by atoms with Crippen LogP contribution in [0, 0.1) is 13.8 Å². The molecule has 0 radical (unpaired) electrons. The summed E-state index contributed by atoms with van der Waals surface area (Å²) in [5.41, 5.74) is 5.63. The molecular weight excluding hydrogens is 388 g/mol. The lowest BCUT2D eigenvalue weighted by Gasteiger charge is -2.17. The molecule has 1 saturated heterocycles. The van der Waals surface area contributed by atoms with Gasteiger partial charge >= 0.3 is 0 Å². The van der Waals surface area contributed by atoms with Crippen molar-refractivity contribution >= 4 is 22.8 Å². The summed E-state index contributed by atoms with van der Waals surface area (Å²) in [6, 6.07) is 17.3. The number of para-hydroxylation sites is 2. The number of aromatic nitrogens is 3. The third-order valence-electron chi connectivity index (χ3n) is 6.13. The Labute approximate surface area is 181 Å². The molecule has 1 atom stereocenters. The summed E-state index contributed by atoms with van der Waals surface area (Å²) in [6.07, 6.45) is 2.26. The normalized spacial score (nSPS) is 16.1. The van der Waals surface area contributed by atoms with Gasteiger partial charge in [-0.1, -0.05) is 30.3 Å². The van der Waals surface area contributed by atoms with Crippen molar-refractivity contribution in [2.24, 2.45) is 0 Å². The molecule has 0 aliphatic carbocycles. The van der Waals surface area contributed by atoms with Gasteiger partial charge in [0.2, 0.25) is 0 Å². The van der Waals surface area contributed by atoms with Gasteiger partial charge in [-0.15, -0.1) is 0 Å². The summed E-state index contributed by atoms with van der Waals surface area (Å²) < 4.78 is 8.08. The first-order valence-corrected chi connectivity index (χ1v) is 10.7. The van der Waals surface area contributed by atoms with Crippen LogP contribution >= 0.6 is 0 Å². The molecule has 1 amide bonds. The fourth-order valence-electron chi connectivity index (χ4n) is 4.34. The highest BCUT2D eigenvalue weighted by molar-refractivity contribution is 6.06. The lowest BCUT2D eigenvalue weighted by molar-refractivity contribution is 0.0962. The maximum atomic E-state index is 13.1. The van der Waals surface area contributed by atoms with Crippen molar-refractivity contribution in [3.05, 3.63) is 71.4 Å². The number of rotatable bonds is 5. The summed E-state index contributed by atoms with van der Waals surface area (Å²) in [4.78, 5) is 21.3. The van der Waals surface area contributed by atoms with Crippen LogP contribution in [0.25, 0.3) is 22.4 Å². The van der Waals surface area contributed by atoms with Crippen LogP contribution in [0.1, 0.15) is 34.5 Å². The van der Waals surface area contributed by atoms with Gasteiger partial charge in [0.15, 0.2) is 0 Å². The molecule has 5 rings (SSSR count). The highest BCUT2D eigenvalue weighted by Crippen LogP contribution is 2.36. The molecule has 2 aromatic heterocycles. The Balaban J connectivity index is 1.62. The predicted molar refractivity (Wildman–Crippen MR) is 122 cm³/mol. The molecule has 4 aromatic rings. The quantitative estimate of drug-likeness (QED) is 0.478. The number of carbonyl (C=O) groups is 1. The largest absolute Gasteiger partial charge is 0.376 e. The number of ether oxygens (including phenoxy) is 1. The number of amides is 1. The second-order valence-electron chi connectivity index (χ2n) is 8.10. The molecule has 0 saturated carbocycles. The zero-order chi connectivity index (χ0) is 21.4. The van der Waals surface area contributed by atoms with Crippen LogP contribution in [0.15, 0.2) is 54.6 Å². The molecular formula is C25H26N4O2. The predicted octanol–water partition coefficient (Wildman–Crippen LogP) is 5.08. The number of H-pyrrole nitrogens is 1. The molecule has 0 bridgehead atoms. The molecule has 1 unspecified atom stereocenters. The lowest BCUT2D eigenvalue weighted by atomic mass is 10.1. The van der Waals surface area contributed by atoms with E-state index in [2.05, 4.69) is 28.7 Å². The Morgan fingerprint density at radius 3 is 2.68 bits per heavy atom. The molecule has 3 heterocycles. The molecule has 6 nitrogen and oxygen atoms in total. The zero-order valence-electron chi connectivity index (χ0n) is 17.8. The highest BCUT2D eigenvalue weighted by Gasteiger charge is 2.26. The van der Waals surface area contributed by atoms with Crippen LogP contribution < -0.4 is 5.32 Å². The summed E-state index contributed by atoms with van der Waals surface area (Å²) in [6.45, 7) is 5.68. The van der Waals surface area contributed by atoms with Gasteiger partial charge in [0.1, 0.15) is 11.6 Å². The number of nitrogens with zero attached hydrogens (tertiary/aromatic N) is 2. The topological polar surface area (TPSA) is 71.9 Å². The summed E-state index contributed by atoms with van der Waals surface area (Å²) in [5, 5.41) is 3.18. The number of benzene rings is 2. The van der Waals surface area contributed by atoms with E-state index in [9.17, 15) is 4.79 Å². The minimum Gasteiger partial charge on any atom is -0.376 e. The molecule has 0 spiro atoms. The van der Waals surface area contributed by atoms with E-state index in [-0.39, 0.29) is 12.0 Å². The summed E-state index contributed by atoms with van der Waals surface area (Å²) >= 11 is 0. The number of aromatic amines is 1. The lowest BCUT2D eigenvalue weighted by Crippen LogP contribution is -2.21. The number of anilines is 1. The molecule has 6 heteroatoms. The van der Waals surface area contributed by atoms with Gasteiger partial charge in [0, 0.05) is 17.9 Å². The third-order valence-corrected chi connectivity index (χ3v) is 6.13. The molecule has 1 aliphatic heterocycles. The van der Waals surface area contributed by atoms with Gasteiger partial charge in [-0.25, -0.2) is 4.98 Å². The monoisotopic (exact) mass is 414 g/mol. The standard InChI is InChI=1S/C25H26N4O2/c1-16-17(2)29(15-19-11-8-14-31-19)24(28-25(30)18-9-4-3-5-10-18)22(16)23-26-20-12-6-7-13-21(20)27-23/h3-7,9-10,12-13,19H,8,11,14-15H2,1-2H3,(H,26,27)(H,28,30). The van der Waals surface area contributed by atoms with E-state index >= 15 is 0 Å². The van der Waals surface area contributed by atoms with Gasteiger partial charge in [0.05, 0.1) is 29.2 Å². The average molecular weight is 415 g/mol. The van der Waals surface area contributed by atoms with E-state index in [1.54, 1.807) is 0 Å². The first-order chi connectivity index (χ1) is 15.1. The minimum absolute atomic E-state index is 0.135. The Hall–Kier alpha value is -3.38. The van der Waals surface area contributed by atoms with Crippen LogP contribution in [-0.2, 0) is 11.3 Å². The van der Waals surface area contributed by atoms with Crippen molar-refractivity contribution in [2.75, 3.05) is 11.9 Å². The maximum absolute atomic E-state index is 13.1. The Morgan fingerprint density at radius 1 is 1.16 bits per heavy atom. The second kappa shape index (κ2) is 8.04. The van der Waals surface area contributed by atoms with E-state index in [0.717, 1.165) is 58.9 Å². The van der Waals surface area contributed by atoms with Crippen LogP contribution in [-0.4, -0.2) is 33.2 Å². The zero-order valence-corrected chi connectivity index (χ0v) is 17.8. The van der Waals surface area contributed by atoms with Crippen molar-refractivity contribution in [1.82, 2.24) is 14.5 Å². The fraction of sp³-hybridized carbons (Fsp3) is 0.280. The van der Waals surface area contributed by atoms with Crippen molar-refractivity contribution in [3.63, 3.8) is 0 Å². The number of hydrogen-bond acceptors (Lipinski definition) is 3. The van der Waals surface area contributed by atoms with Crippen LogP contribution in [0.3, 0.4) is 0 Å². The van der Waals surface area contributed by atoms with Crippen molar-refractivity contribution in [1.29, 1.82) is 0 Å². The molecule has 31 heavy (non-hydrogen) atoms. The van der Waals surface area contributed by atoms with Gasteiger partial charge in [-0.2, -0.15) is 0 Å². The first-order valence-electron chi connectivity index (χ1n) is 10.7. The highest BCUT2D eigenvalue weighted by atomic mass is 16.5. The van der Waals surface area contributed by atoms with E-state index in [1.807, 2.05) is 54.6 Å². The van der Waals surface area contributed by atoms with Crippen molar-refractivity contribution in [3.8, 4) is 11.4 Å². The maximum Gasteiger partial charge on any atom is 0.256 e. The van der Waals surface area contributed by atoms with Crippen LogP contribution in [0.5, 0.6) is 0 Å².